The summed E-state index contributed by atoms with van der Waals surface area (Å²) in [5, 5.41) is 11.2. The number of carbonyl (C=O) groups is 1. The van der Waals surface area contributed by atoms with Gasteiger partial charge in [-0.25, -0.2) is 8.78 Å². The van der Waals surface area contributed by atoms with E-state index < -0.39 is 23.6 Å². The number of amides is 1. The van der Waals surface area contributed by atoms with Crippen molar-refractivity contribution in [3.63, 3.8) is 0 Å². The highest BCUT2D eigenvalue weighted by Crippen LogP contribution is 2.35. The van der Waals surface area contributed by atoms with Gasteiger partial charge in [-0.05, 0) is 24.3 Å². The number of methoxy groups -OCH3 is 1. The summed E-state index contributed by atoms with van der Waals surface area (Å²) in [4.78, 5) is 14.0. The number of carbonyl (C=O) groups excluding carboxylic acids is 1. The second-order valence-electron chi connectivity index (χ2n) is 6.87. The van der Waals surface area contributed by atoms with E-state index in [4.69, 9.17) is 20.8 Å². The lowest BCUT2D eigenvalue weighted by Crippen LogP contribution is -2.33. The number of anilines is 1. The number of hydrogen-bond acceptors (Lipinski definition) is 6. The van der Waals surface area contributed by atoms with Gasteiger partial charge in [0.2, 0.25) is 11.8 Å². The number of benzene rings is 2. The van der Waals surface area contributed by atoms with Crippen LogP contribution in [-0.4, -0.2) is 47.7 Å². The molecule has 4 rings (SSSR count). The third kappa shape index (κ3) is 3.68. The summed E-state index contributed by atoms with van der Waals surface area (Å²) >= 11 is 5.88. The van der Waals surface area contributed by atoms with E-state index in [0.29, 0.717) is 10.6 Å². The van der Waals surface area contributed by atoms with Crippen LogP contribution >= 0.6 is 11.6 Å². The van der Waals surface area contributed by atoms with Crippen LogP contribution in [0.5, 0.6) is 5.75 Å². The SMILES string of the molecule is COc1cc(F)c([C@@H]2CN(C)C(=O)[C@H]2Nc2nnc(-c3ccc(Cl)cc3)o2)c(F)c1. The molecule has 0 bridgehead atoms. The summed E-state index contributed by atoms with van der Waals surface area (Å²) in [5.74, 6) is -2.47. The fourth-order valence-electron chi connectivity index (χ4n) is 3.48. The first-order chi connectivity index (χ1) is 14.4. The fourth-order valence-corrected chi connectivity index (χ4v) is 3.60. The largest absolute Gasteiger partial charge is 0.497 e. The van der Waals surface area contributed by atoms with Gasteiger partial charge < -0.3 is 19.4 Å². The summed E-state index contributed by atoms with van der Waals surface area (Å²) in [6.07, 6.45) is 0. The average molecular weight is 435 g/mol. The minimum absolute atomic E-state index is 0.0343. The maximum atomic E-state index is 14.6. The monoisotopic (exact) mass is 434 g/mol. The standard InChI is InChI=1S/C20H17ClF2N4O3/c1-27-9-13(16-14(22)7-12(29-2)8-15(16)23)17(19(27)28)24-20-26-25-18(30-20)10-3-5-11(21)6-4-10/h3-8,13,17H,9H2,1-2H3,(H,24,26)/t13-,17-/m0/s1. The number of hydrogen-bond donors (Lipinski definition) is 1. The van der Waals surface area contributed by atoms with Crippen LogP contribution < -0.4 is 10.1 Å². The molecule has 2 heterocycles. The van der Waals surface area contributed by atoms with Gasteiger partial charge in [-0.15, -0.1) is 5.10 Å². The van der Waals surface area contributed by atoms with Crippen LogP contribution in [0, 0.1) is 11.6 Å². The van der Waals surface area contributed by atoms with Crippen molar-refractivity contribution in [2.45, 2.75) is 12.0 Å². The number of nitrogens with one attached hydrogen (secondary N) is 1. The van der Waals surface area contributed by atoms with Crippen LogP contribution in [0.25, 0.3) is 11.5 Å². The molecule has 0 aliphatic carbocycles. The van der Waals surface area contributed by atoms with E-state index in [-0.39, 0.29) is 35.7 Å². The third-order valence-corrected chi connectivity index (χ3v) is 5.22. The Labute approximate surface area is 175 Å². The predicted octanol–water partition coefficient (Wildman–Crippen LogP) is 3.71. The van der Waals surface area contributed by atoms with Crippen molar-refractivity contribution in [3.8, 4) is 17.2 Å². The Morgan fingerprint density at radius 2 is 1.87 bits per heavy atom. The minimum atomic E-state index is -0.981. The number of ether oxygens (including phenoxy) is 1. The predicted molar refractivity (Wildman–Crippen MR) is 105 cm³/mol. The summed E-state index contributed by atoms with van der Waals surface area (Å²) in [6.45, 7) is 0.120. The van der Waals surface area contributed by atoms with Crippen LogP contribution in [0.2, 0.25) is 5.02 Å². The van der Waals surface area contributed by atoms with Crippen molar-refractivity contribution in [2.24, 2.45) is 0 Å². The summed E-state index contributed by atoms with van der Waals surface area (Å²) in [5.41, 5.74) is 0.432. The molecule has 1 aromatic heterocycles. The lowest BCUT2D eigenvalue weighted by Gasteiger charge is -2.19. The van der Waals surface area contributed by atoms with Gasteiger partial charge in [0.1, 0.15) is 23.4 Å². The van der Waals surface area contributed by atoms with E-state index in [1.165, 1.54) is 12.0 Å². The number of likely N-dealkylation sites (tertiary alicyclic amines) is 1. The van der Waals surface area contributed by atoms with Gasteiger partial charge in [0.25, 0.3) is 0 Å². The zero-order valence-corrected chi connectivity index (χ0v) is 16.8. The smallest absolute Gasteiger partial charge is 0.316 e. The van der Waals surface area contributed by atoms with E-state index in [2.05, 4.69) is 15.5 Å². The van der Waals surface area contributed by atoms with Crippen LogP contribution in [0.3, 0.4) is 0 Å². The second-order valence-corrected chi connectivity index (χ2v) is 7.31. The quantitative estimate of drug-likeness (QED) is 0.659. The van der Waals surface area contributed by atoms with Crippen LogP contribution in [0.15, 0.2) is 40.8 Å². The Balaban J connectivity index is 1.63. The fraction of sp³-hybridized carbons (Fsp3) is 0.250. The molecule has 1 amide bonds. The molecule has 3 aromatic rings. The maximum absolute atomic E-state index is 14.6. The molecule has 10 heteroatoms. The number of aromatic nitrogens is 2. The zero-order chi connectivity index (χ0) is 21.4. The van der Waals surface area contributed by atoms with E-state index in [9.17, 15) is 13.6 Å². The molecule has 1 saturated heterocycles. The molecule has 1 N–H and O–H groups in total. The molecule has 1 aliphatic heterocycles. The number of likely N-dealkylation sites (N-methyl/N-ethyl adjacent to an activating group) is 1. The molecule has 156 valence electrons. The minimum Gasteiger partial charge on any atom is -0.497 e. The third-order valence-electron chi connectivity index (χ3n) is 4.97. The Bertz CT molecular complexity index is 1070. The molecule has 2 atom stereocenters. The van der Waals surface area contributed by atoms with Crippen LogP contribution in [0.1, 0.15) is 11.5 Å². The molecule has 0 radical (unpaired) electrons. The van der Waals surface area contributed by atoms with Crippen LogP contribution in [0.4, 0.5) is 14.8 Å². The summed E-state index contributed by atoms with van der Waals surface area (Å²) in [6, 6.07) is 7.92. The first-order valence-corrected chi connectivity index (χ1v) is 9.39. The van der Waals surface area contributed by atoms with Crippen molar-refractivity contribution >= 4 is 23.5 Å². The van der Waals surface area contributed by atoms with E-state index in [1.807, 2.05) is 0 Å². The normalized spacial score (nSPS) is 18.7. The van der Waals surface area contributed by atoms with Gasteiger partial charge in [-0.1, -0.05) is 16.7 Å². The molecule has 30 heavy (non-hydrogen) atoms. The molecule has 0 saturated carbocycles. The average Bonchev–Trinajstić information content (AvgIpc) is 3.29. The highest BCUT2D eigenvalue weighted by Gasteiger charge is 2.43. The van der Waals surface area contributed by atoms with Gasteiger partial charge in [0.15, 0.2) is 0 Å². The molecular formula is C20H17ClF2N4O3. The van der Waals surface area contributed by atoms with Gasteiger partial charge >= 0.3 is 6.01 Å². The molecule has 1 aliphatic rings. The lowest BCUT2D eigenvalue weighted by atomic mass is 9.93. The molecule has 0 spiro atoms. The number of halogens is 3. The number of nitrogens with zero attached hydrogens (tertiary/aromatic N) is 3. The molecular weight excluding hydrogens is 418 g/mol. The second kappa shape index (κ2) is 7.91. The van der Waals surface area contributed by atoms with Gasteiger partial charge in [0.05, 0.1) is 7.11 Å². The topological polar surface area (TPSA) is 80.5 Å². The van der Waals surface area contributed by atoms with E-state index >= 15 is 0 Å². The highest BCUT2D eigenvalue weighted by molar-refractivity contribution is 6.30. The Kier molecular flexibility index (Phi) is 5.29. The van der Waals surface area contributed by atoms with Crippen molar-refractivity contribution in [3.05, 3.63) is 58.6 Å². The van der Waals surface area contributed by atoms with E-state index in [1.54, 1.807) is 31.3 Å². The Morgan fingerprint density at radius 3 is 2.50 bits per heavy atom. The highest BCUT2D eigenvalue weighted by atomic mass is 35.5. The molecule has 1 fully saturated rings. The first kappa shape index (κ1) is 20.1. The van der Waals surface area contributed by atoms with Crippen LogP contribution in [-0.2, 0) is 4.79 Å². The first-order valence-electron chi connectivity index (χ1n) is 9.01. The van der Waals surface area contributed by atoms with Gasteiger partial charge in [0, 0.05) is 47.8 Å². The summed E-state index contributed by atoms with van der Waals surface area (Å²) in [7, 11) is 2.88. The van der Waals surface area contributed by atoms with Gasteiger partial charge in [-0.3, -0.25) is 4.79 Å². The Hall–Kier alpha value is -3.20. The Morgan fingerprint density at radius 1 is 1.20 bits per heavy atom. The number of rotatable bonds is 5. The van der Waals surface area contributed by atoms with Crippen molar-refractivity contribution in [1.82, 2.24) is 15.1 Å². The van der Waals surface area contributed by atoms with E-state index in [0.717, 1.165) is 12.1 Å². The molecule has 0 unspecified atom stereocenters. The van der Waals surface area contributed by atoms with Crippen molar-refractivity contribution in [2.75, 3.05) is 26.0 Å². The molecule has 2 aromatic carbocycles. The van der Waals surface area contributed by atoms with Gasteiger partial charge in [-0.2, -0.15) is 0 Å². The molecule has 7 nitrogen and oxygen atoms in total. The maximum Gasteiger partial charge on any atom is 0.316 e. The van der Waals surface area contributed by atoms with Crippen molar-refractivity contribution in [1.29, 1.82) is 0 Å². The zero-order valence-electron chi connectivity index (χ0n) is 16.0. The van der Waals surface area contributed by atoms with Crippen molar-refractivity contribution < 1.29 is 22.7 Å². The summed E-state index contributed by atoms with van der Waals surface area (Å²) < 4.78 is 39.7. The lowest BCUT2D eigenvalue weighted by molar-refractivity contribution is -0.127.